The number of aliphatic hydroxyl groups is 1. The van der Waals surface area contributed by atoms with Gasteiger partial charge in [0.2, 0.25) is 0 Å². The second-order valence-electron chi connectivity index (χ2n) is 3.68. The number of anilines is 1. The molecule has 0 bridgehead atoms. The standard InChI is InChI=1S/C13H20FNO2/c1-3-15(8-9-17-4-2)13-11(10-16)6-5-7-12(13)14/h5-7,16H,3-4,8-10H2,1-2H3. The predicted molar refractivity (Wildman–Crippen MR) is 66.7 cm³/mol. The van der Waals surface area contributed by atoms with E-state index in [1.807, 2.05) is 18.7 Å². The van der Waals surface area contributed by atoms with Crippen molar-refractivity contribution in [2.45, 2.75) is 20.5 Å². The van der Waals surface area contributed by atoms with Gasteiger partial charge in [0, 0.05) is 25.3 Å². The molecule has 0 aliphatic rings. The molecule has 3 nitrogen and oxygen atoms in total. The first kappa shape index (κ1) is 13.9. The Labute approximate surface area is 102 Å². The molecular formula is C13H20FNO2. The van der Waals surface area contributed by atoms with Crippen LogP contribution in [-0.2, 0) is 11.3 Å². The maximum absolute atomic E-state index is 13.8. The molecule has 0 radical (unpaired) electrons. The van der Waals surface area contributed by atoms with Crippen LogP contribution >= 0.6 is 0 Å². The number of nitrogens with zero attached hydrogens (tertiary/aromatic N) is 1. The Balaban J connectivity index is 2.86. The molecule has 1 aromatic carbocycles. The lowest BCUT2D eigenvalue weighted by Crippen LogP contribution is -2.29. The summed E-state index contributed by atoms with van der Waals surface area (Å²) in [5.74, 6) is -0.296. The Morgan fingerprint density at radius 1 is 1.35 bits per heavy atom. The van der Waals surface area contributed by atoms with Crippen molar-refractivity contribution in [1.82, 2.24) is 0 Å². The number of ether oxygens (including phenoxy) is 1. The van der Waals surface area contributed by atoms with Gasteiger partial charge in [-0.05, 0) is 19.9 Å². The van der Waals surface area contributed by atoms with Crippen molar-refractivity contribution in [3.8, 4) is 0 Å². The lowest BCUT2D eigenvalue weighted by molar-refractivity contribution is 0.154. The molecule has 1 N–H and O–H groups in total. The zero-order valence-electron chi connectivity index (χ0n) is 10.4. The van der Waals surface area contributed by atoms with Crippen LogP contribution in [0.2, 0.25) is 0 Å². The van der Waals surface area contributed by atoms with E-state index in [4.69, 9.17) is 4.74 Å². The average molecular weight is 241 g/mol. The average Bonchev–Trinajstić information content (AvgIpc) is 2.35. The summed E-state index contributed by atoms with van der Waals surface area (Å²) in [6.45, 7) is 6.25. The van der Waals surface area contributed by atoms with Gasteiger partial charge in [-0.2, -0.15) is 0 Å². The third-order valence-corrected chi connectivity index (χ3v) is 2.65. The van der Waals surface area contributed by atoms with E-state index in [0.717, 1.165) is 0 Å². The monoisotopic (exact) mass is 241 g/mol. The summed E-state index contributed by atoms with van der Waals surface area (Å²) >= 11 is 0. The molecule has 0 heterocycles. The van der Waals surface area contributed by atoms with Crippen molar-refractivity contribution < 1.29 is 14.2 Å². The second kappa shape index (κ2) is 7.25. The summed E-state index contributed by atoms with van der Waals surface area (Å²) in [4.78, 5) is 1.89. The van der Waals surface area contributed by atoms with Gasteiger partial charge >= 0.3 is 0 Å². The molecular weight excluding hydrogens is 221 g/mol. The molecule has 0 spiro atoms. The van der Waals surface area contributed by atoms with Crippen LogP contribution in [0.15, 0.2) is 18.2 Å². The molecule has 0 amide bonds. The van der Waals surface area contributed by atoms with Crippen molar-refractivity contribution in [3.05, 3.63) is 29.6 Å². The first-order valence-corrected chi connectivity index (χ1v) is 5.95. The smallest absolute Gasteiger partial charge is 0.146 e. The van der Waals surface area contributed by atoms with E-state index < -0.39 is 0 Å². The van der Waals surface area contributed by atoms with Crippen LogP contribution < -0.4 is 4.90 Å². The molecule has 17 heavy (non-hydrogen) atoms. The summed E-state index contributed by atoms with van der Waals surface area (Å²) in [6.07, 6.45) is 0. The molecule has 0 unspecified atom stereocenters. The minimum atomic E-state index is -0.296. The molecule has 0 saturated heterocycles. The van der Waals surface area contributed by atoms with E-state index in [0.29, 0.717) is 37.6 Å². The van der Waals surface area contributed by atoms with Crippen molar-refractivity contribution in [1.29, 1.82) is 0 Å². The molecule has 1 aromatic rings. The minimum absolute atomic E-state index is 0.155. The quantitative estimate of drug-likeness (QED) is 0.743. The van der Waals surface area contributed by atoms with Crippen LogP contribution in [0.4, 0.5) is 10.1 Å². The van der Waals surface area contributed by atoms with Gasteiger partial charge in [-0.3, -0.25) is 0 Å². The summed E-state index contributed by atoms with van der Waals surface area (Å²) in [6, 6.07) is 4.76. The van der Waals surface area contributed by atoms with Crippen LogP contribution in [0.25, 0.3) is 0 Å². The summed E-state index contributed by atoms with van der Waals surface area (Å²) in [7, 11) is 0. The van der Waals surface area contributed by atoms with E-state index in [1.165, 1.54) is 6.07 Å². The maximum Gasteiger partial charge on any atom is 0.146 e. The van der Waals surface area contributed by atoms with E-state index in [1.54, 1.807) is 12.1 Å². The largest absolute Gasteiger partial charge is 0.392 e. The number of hydrogen-bond donors (Lipinski definition) is 1. The first-order valence-electron chi connectivity index (χ1n) is 5.95. The third-order valence-electron chi connectivity index (χ3n) is 2.65. The van der Waals surface area contributed by atoms with Gasteiger partial charge in [-0.15, -0.1) is 0 Å². The van der Waals surface area contributed by atoms with Gasteiger partial charge in [-0.1, -0.05) is 12.1 Å². The maximum atomic E-state index is 13.8. The third kappa shape index (κ3) is 3.68. The molecule has 0 atom stereocenters. The number of aliphatic hydroxyl groups excluding tert-OH is 1. The van der Waals surface area contributed by atoms with Crippen LogP contribution in [-0.4, -0.2) is 31.4 Å². The Bertz CT molecular complexity index is 344. The van der Waals surface area contributed by atoms with Crippen LogP contribution in [0.5, 0.6) is 0 Å². The minimum Gasteiger partial charge on any atom is -0.392 e. The number of hydrogen-bond acceptors (Lipinski definition) is 3. The van der Waals surface area contributed by atoms with Crippen LogP contribution in [0, 0.1) is 5.82 Å². The van der Waals surface area contributed by atoms with E-state index in [-0.39, 0.29) is 12.4 Å². The SMILES string of the molecule is CCOCCN(CC)c1c(F)cccc1CO. The van der Waals surface area contributed by atoms with Crippen molar-refractivity contribution in [3.63, 3.8) is 0 Å². The Morgan fingerprint density at radius 3 is 2.71 bits per heavy atom. The van der Waals surface area contributed by atoms with E-state index in [2.05, 4.69) is 0 Å². The molecule has 4 heteroatoms. The Morgan fingerprint density at radius 2 is 2.12 bits per heavy atom. The Hall–Kier alpha value is -1.13. The van der Waals surface area contributed by atoms with Gasteiger partial charge in [0.15, 0.2) is 0 Å². The van der Waals surface area contributed by atoms with Gasteiger partial charge in [0.1, 0.15) is 5.82 Å². The number of likely N-dealkylation sites (N-methyl/N-ethyl adjacent to an activating group) is 1. The zero-order valence-corrected chi connectivity index (χ0v) is 10.4. The molecule has 0 saturated carbocycles. The van der Waals surface area contributed by atoms with Crippen molar-refractivity contribution in [2.75, 3.05) is 31.2 Å². The molecule has 1 rings (SSSR count). The van der Waals surface area contributed by atoms with Crippen molar-refractivity contribution >= 4 is 5.69 Å². The number of halogens is 1. The molecule has 0 aliphatic heterocycles. The lowest BCUT2D eigenvalue weighted by Gasteiger charge is -2.25. The summed E-state index contributed by atoms with van der Waals surface area (Å²) in [5.41, 5.74) is 1.10. The first-order chi connectivity index (χ1) is 8.24. The Kier molecular flexibility index (Phi) is 5.94. The topological polar surface area (TPSA) is 32.7 Å². The number of rotatable bonds is 7. The van der Waals surface area contributed by atoms with Gasteiger partial charge in [-0.25, -0.2) is 4.39 Å². The second-order valence-corrected chi connectivity index (χ2v) is 3.68. The van der Waals surface area contributed by atoms with E-state index in [9.17, 15) is 9.50 Å². The zero-order chi connectivity index (χ0) is 12.7. The molecule has 0 aliphatic carbocycles. The van der Waals surface area contributed by atoms with E-state index >= 15 is 0 Å². The van der Waals surface area contributed by atoms with Crippen LogP contribution in [0.3, 0.4) is 0 Å². The fourth-order valence-corrected chi connectivity index (χ4v) is 1.79. The fourth-order valence-electron chi connectivity index (χ4n) is 1.79. The van der Waals surface area contributed by atoms with Gasteiger partial charge < -0.3 is 14.7 Å². The summed E-state index contributed by atoms with van der Waals surface area (Å²) < 4.78 is 19.1. The van der Waals surface area contributed by atoms with Gasteiger partial charge in [0.25, 0.3) is 0 Å². The number of benzene rings is 1. The lowest BCUT2D eigenvalue weighted by atomic mass is 10.1. The molecule has 0 fully saturated rings. The van der Waals surface area contributed by atoms with Gasteiger partial charge in [0.05, 0.1) is 18.9 Å². The summed E-state index contributed by atoms with van der Waals surface area (Å²) in [5, 5.41) is 9.23. The molecule has 0 aromatic heterocycles. The van der Waals surface area contributed by atoms with Crippen molar-refractivity contribution in [2.24, 2.45) is 0 Å². The normalized spacial score (nSPS) is 10.6. The highest BCUT2D eigenvalue weighted by atomic mass is 19.1. The molecule has 96 valence electrons. The van der Waals surface area contributed by atoms with Crippen LogP contribution in [0.1, 0.15) is 19.4 Å². The highest BCUT2D eigenvalue weighted by molar-refractivity contribution is 5.54. The highest BCUT2D eigenvalue weighted by Gasteiger charge is 2.14. The number of para-hydroxylation sites is 1. The fraction of sp³-hybridized carbons (Fsp3) is 0.538. The highest BCUT2D eigenvalue weighted by Crippen LogP contribution is 2.24. The predicted octanol–water partition coefficient (Wildman–Crippen LogP) is 2.18.